The van der Waals surface area contributed by atoms with Crippen LogP contribution in [0.25, 0.3) is 0 Å². The molecular weight excluding hydrogens is 332 g/mol. The molecule has 2 fully saturated rings. The average molecular weight is 364 g/mol. The lowest BCUT2D eigenvalue weighted by Crippen LogP contribution is -2.56. The van der Waals surface area contributed by atoms with Crippen LogP contribution in [0.1, 0.15) is 24.8 Å². The smallest absolute Gasteiger partial charge is 0.122 e. The molecule has 2 aliphatic heterocycles. The summed E-state index contributed by atoms with van der Waals surface area (Å²) in [6, 6.07) is 7.04. The van der Waals surface area contributed by atoms with Crippen molar-refractivity contribution in [2.75, 3.05) is 53.7 Å². The Morgan fingerprint density at radius 1 is 1.08 bits per heavy atom. The molecule has 1 atom stereocenters. The summed E-state index contributed by atoms with van der Waals surface area (Å²) in [6.07, 6.45) is 3.05. The zero-order chi connectivity index (χ0) is 18.4. The highest BCUT2D eigenvalue weighted by molar-refractivity contribution is 5.38. The van der Waals surface area contributed by atoms with Crippen molar-refractivity contribution in [3.8, 4) is 11.5 Å². The zero-order valence-electron chi connectivity index (χ0n) is 16.0. The van der Waals surface area contributed by atoms with Gasteiger partial charge in [0.05, 0.1) is 14.2 Å². The van der Waals surface area contributed by atoms with Gasteiger partial charge in [0.15, 0.2) is 0 Å². The first-order chi connectivity index (χ1) is 12.7. The van der Waals surface area contributed by atoms with E-state index in [1.807, 2.05) is 6.07 Å². The molecule has 2 aliphatic rings. The number of hydrogen-bond acceptors (Lipinski definition) is 6. The van der Waals surface area contributed by atoms with Crippen LogP contribution in [0.4, 0.5) is 0 Å². The van der Waals surface area contributed by atoms with Gasteiger partial charge in [-0.25, -0.2) is 0 Å². The molecule has 6 heteroatoms. The van der Waals surface area contributed by atoms with E-state index in [0.29, 0.717) is 12.1 Å². The predicted molar refractivity (Wildman–Crippen MR) is 101 cm³/mol. The van der Waals surface area contributed by atoms with Crippen LogP contribution in [0, 0.1) is 0 Å². The minimum atomic E-state index is 0.226. The first kappa shape index (κ1) is 19.4. The third kappa shape index (κ3) is 4.88. The molecule has 0 spiro atoms. The van der Waals surface area contributed by atoms with E-state index < -0.39 is 0 Å². The third-order valence-electron chi connectivity index (χ3n) is 5.60. The summed E-state index contributed by atoms with van der Waals surface area (Å²) < 4.78 is 16.3. The fraction of sp³-hybridized carbons (Fsp3) is 0.700. The van der Waals surface area contributed by atoms with Gasteiger partial charge in [0, 0.05) is 64.1 Å². The Balaban J connectivity index is 1.67. The molecular formula is C20H32N2O4. The van der Waals surface area contributed by atoms with Crippen LogP contribution in [0.3, 0.4) is 0 Å². The lowest BCUT2D eigenvalue weighted by atomic mass is 10.0. The summed E-state index contributed by atoms with van der Waals surface area (Å²) in [5.74, 6) is 1.64. The maximum atomic E-state index is 9.56. The van der Waals surface area contributed by atoms with E-state index in [0.717, 1.165) is 70.2 Å². The highest BCUT2D eigenvalue weighted by atomic mass is 16.5. The van der Waals surface area contributed by atoms with Crippen molar-refractivity contribution in [1.29, 1.82) is 0 Å². The summed E-state index contributed by atoms with van der Waals surface area (Å²) in [5, 5.41) is 9.56. The number of nitrogens with zero attached hydrogens (tertiary/aromatic N) is 2. The Bertz CT molecular complexity index is 540. The van der Waals surface area contributed by atoms with Gasteiger partial charge >= 0.3 is 0 Å². The van der Waals surface area contributed by atoms with Gasteiger partial charge in [-0.1, -0.05) is 0 Å². The number of aliphatic hydroxyl groups excluding tert-OH is 1. The number of rotatable bonds is 7. The van der Waals surface area contributed by atoms with Crippen LogP contribution in [0.2, 0.25) is 0 Å². The largest absolute Gasteiger partial charge is 0.497 e. The number of ether oxygens (including phenoxy) is 3. The van der Waals surface area contributed by atoms with Crippen LogP contribution >= 0.6 is 0 Å². The summed E-state index contributed by atoms with van der Waals surface area (Å²) in [7, 11) is 3.36. The van der Waals surface area contributed by atoms with Crippen molar-refractivity contribution in [3.05, 3.63) is 23.8 Å². The topological polar surface area (TPSA) is 54.4 Å². The molecule has 1 aromatic rings. The van der Waals surface area contributed by atoms with Gasteiger partial charge in [-0.3, -0.25) is 9.80 Å². The first-order valence-electron chi connectivity index (χ1n) is 9.62. The van der Waals surface area contributed by atoms with Gasteiger partial charge in [0.1, 0.15) is 11.5 Å². The maximum absolute atomic E-state index is 9.56. The average Bonchev–Trinajstić information content (AvgIpc) is 2.69. The SMILES string of the molecule is COc1cc(CN2CCN(C3CCOCC3)CC2CCO)cc(OC)c1. The van der Waals surface area contributed by atoms with Gasteiger partial charge in [-0.15, -0.1) is 0 Å². The van der Waals surface area contributed by atoms with Crippen molar-refractivity contribution < 1.29 is 19.3 Å². The molecule has 2 heterocycles. The van der Waals surface area contributed by atoms with Crippen molar-refractivity contribution in [2.45, 2.75) is 37.9 Å². The molecule has 0 bridgehead atoms. The second-order valence-electron chi connectivity index (χ2n) is 7.20. The van der Waals surface area contributed by atoms with Crippen LogP contribution < -0.4 is 9.47 Å². The van der Waals surface area contributed by atoms with Gasteiger partial charge in [0.2, 0.25) is 0 Å². The maximum Gasteiger partial charge on any atom is 0.122 e. The zero-order valence-corrected chi connectivity index (χ0v) is 16.0. The molecule has 146 valence electrons. The molecule has 6 nitrogen and oxygen atoms in total. The highest BCUT2D eigenvalue weighted by Crippen LogP contribution is 2.26. The van der Waals surface area contributed by atoms with Crippen LogP contribution in [-0.4, -0.2) is 80.7 Å². The number of hydrogen-bond donors (Lipinski definition) is 1. The molecule has 1 aromatic carbocycles. The molecule has 0 saturated carbocycles. The molecule has 0 aromatic heterocycles. The Morgan fingerprint density at radius 2 is 1.77 bits per heavy atom. The summed E-state index contributed by atoms with van der Waals surface area (Å²) in [5.41, 5.74) is 1.18. The minimum Gasteiger partial charge on any atom is -0.497 e. The Labute approximate surface area is 156 Å². The Kier molecular flexibility index (Phi) is 7.14. The number of aliphatic hydroxyl groups is 1. The second-order valence-corrected chi connectivity index (χ2v) is 7.20. The van der Waals surface area contributed by atoms with Gasteiger partial charge in [-0.05, 0) is 37.0 Å². The van der Waals surface area contributed by atoms with E-state index in [4.69, 9.17) is 14.2 Å². The van der Waals surface area contributed by atoms with E-state index in [1.54, 1.807) is 14.2 Å². The monoisotopic (exact) mass is 364 g/mol. The van der Waals surface area contributed by atoms with Crippen molar-refractivity contribution in [3.63, 3.8) is 0 Å². The highest BCUT2D eigenvalue weighted by Gasteiger charge is 2.31. The van der Waals surface area contributed by atoms with Gasteiger partial charge in [-0.2, -0.15) is 0 Å². The molecule has 1 N–H and O–H groups in total. The number of piperazine rings is 1. The summed E-state index contributed by atoms with van der Waals surface area (Å²) >= 11 is 0. The van der Waals surface area contributed by atoms with Crippen molar-refractivity contribution in [1.82, 2.24) is 9.80 Å². The minimum absolute atomic E-state index is 0.226. The first-order valence-corrected chi connectivity index (χ1v) is 9.62. The van der Waals surface area contributed by atoms with Crippen molar-refractivity contribution in [2.24, 2.45) is 0 Å². The summed E-state index contributed by atoms with van der Waals surface area (Å²) in [4.78, 5) is 5.09. The van der Waals surface area contributed by atoms with E-state index in [-0.39, 0.29) is 6.61 Å². The molecule has 0 aliphatic carbocycles. The molecule has 0 amide bonds. The van der Waals surface area contributed by atoms with E-state index in [2.05, 4.69) is 21.9 Å². The molecule has 26 heavy (non-hydrogen) atoms. The van der Waals surface area contributed by atoms with Crippen LogP contribution in [0.5, 0.6) is 11.5 Å². The van der Waals surface area contributed by atoms with Crippen LogP contribution in [0.15, 0.2) is 18.2 Å². The lowest BCUT2D eigenvalue weighted by Gasteiger charge is -2.45. The summed E-state index contributed by atoms with van der Waals surface area (Å²) in [6.45, 7) is 5.93. The van der Waals surface area contributed by atoms with E-state index in [1.165, 1.54) is 5.56 Å². The molecule has 0 radical (unpaired) electrons. The lowest BCUT2D eigenvalue weighted by molar-refractivity contribution is -0.0116. The van der Waals surface area contributed by atoms with Crippen molar-refractivity contribution >= 4 is 0 Å². The second kappa shape index (κ2) is 9.55. The predicted octanol–water partition coefficient (Wildman–Crippen LogP) is 1.75. The van der Waals surface area contributed by atoms with E-state index >= 15 is 0 Å². The number of methoxy groups -OCH3 is 2. The van der Waals surface area contributed by atoms with Crippen LogP contribution in [-0.2, 0) is 11.3 Å². The molecule has 1 unspecified atom stereocenters. The van der Waals surface area contributed by atoms with Gasteiger partial charge < -0.3 is 19.3 Å². The normalized spacial score (nSPS) is 23.1. The standard InChI is InChI=1S/C20H32N2O4/c1-24-19-11-16(12-20(13-19)25-2)14-21-6-7-22(15-18(21)3-8-23)17-4-9-26-10-5-17/h11-13,17-18,23H,3-10,14-15H2,1-2H3. The van der Waals surface area contributed by atoms with Gasteiger partial charge in [0.25, 0.3) is 0 Å². The molecule has 3 rings (SSSR count). The van der Waals surface area contributed by atoms with E-state index in [9.17, 15) is 5.11 Å². The fourth-order valence-electron chi connectivity index (χ4n) is 4.12. The Morgan fingerprint density at radius 3 is 2.38 bits per heavy atom. The molecule has 2 saturated heterocycles. The Hall–Kier alpha value is -1.34. The number of benzene rings is 1. The third-order valence-corrected chi connectivity index (χ3v) is 5.60. The fourth-order valence-corrected chi connectivity index (χ4v) is 4.12. The quantitative estimate of drug-likeness (QED) is 0.796.